The highest BCUT2D eigenvalue weighted by Crippen LogP contribution is 2.26. The Morgan fingerprint density at radius 2 is 1.70 bits per heavy atom. The van der Waals surface area contributed by atoms with Crippen LogP contribution in [0.4, 0.5) is 0 Å². The van der Waals surface area contributed by atoms with Crippen LogP contribution in [0, 0.1) is 5.92 Å². The number of hydrogen-bond acceptors (Lipinski definition) is 3. The number of benzene rings is 2. The summed E-state index contributed by atoms with van der Waals surface area (Å²) >= 11 is 0. The molecule has 4 heteroatoms. The molecule has 2 aromatic rings. The summed E-state index contributed by atoms with van der Waals surface area (Å²) in [5.74, 6) is 0.224. The van der Waals surface area contributed by atoms with Crippen LogP contribution in [0.1, 0.15) is 81.1 Å². The minimum atomic E-state index is -0.863. The van der Waals surface area contributed by atoms with Crippen LogP contribution in [-0.4, -0.2) is 16.7 Å². The molecule has 0 saturated carbocycles. The highest BCUT2D eigenvalue weighted by molar-refractivity contribution is 6.05. The van der Waals surface area contributed by atoms with E-state index in [1.807, 2.05) is 69.3 Å². The van der Waals surface area contributed by atoms with Crippen molar-refractivity contribution >= 4 is 17.3 Å². The third kappa shape index (κ3) is 5.25. The van der Waals surface area contributed by atoms with E-state index in [0.717, 1.165) is 39.2 Å². The maximum atomic E-state index is 11.8. The summed E-state index contributed by atoms with van der Waals surface area (Å²) in [7, 11) is 0. The van der Waals surface area contributed by atoms with Crippen molar-refractivity contribution in [3.8, 4) is 0 Å². The second-order valence-electron chi connectivity index (χ2n) is 8.02. The Hall–Kier alpha value is -2.72. The van der Waals surface area contributed by atoms with Crippen LogP contribution < -0.4 is 5.32 Å². The van der Waals surface area contributed by atoms with Gasteiger partial charge in [-0.1, -0.05) is 64.1 Å². The van der Waals surface area contributed by atoms with Gasteiger partial charge in [0.1, 0.15) is 0 Å². The van der Waals surface area contributed by atoms with Gasteiger partial charge in [-0.3, -0.25) is 9.79 Å². The van der Waals surface area contributed by atoms with Gasteiger partial charge < -0.3 is 10.4 Å². The van der Waals surface area contributed by atoms with E-state index in [1.165, 1.54) is 0 Å². The Labute approximate surface area is 180 Å². The normalized spacial score (nSPS) is 14.2. The molecular formula is C26H34N2O2. The number of nitrogens with zero attached hydrogens (tertiary/aromatic N) is 1. The Balaban J connectivity index is 0.00000155. The Morgan fingerprint density at radius 3 is 2.23 bits per heavy atom. The van der Waals surface area contributed by atoms with E-state index in [1.54, 1.807) is 13.8 Å². The van der Waals surface area contributed by atoms with Gasteiger partial charge in [-0.2, -0.15) is 0 Å². The summed E-state index contributed by atoms with van der Waals surface area (Å²) in [4.78, 5) is 16.8. The lowest BCUT2D eigenvalue weighted by Crippen LogP contribution is -2.16. The molecule has 0 radical (unpaired) electrons. The first-order chi connectivity index (χ1) is 14.2. The lowest BCUT2D eigenvalue weighted by molar-refractivity contribution is 0.0786. The van der Waals surface area contributed by atoms with Crippen LogP contribution in [0.5, 0.6) is 0 Å². The maximum absolute atomic E-state index is 11.8. The number of hydrogen-bond donors (Lipinski definition) is 2. The summed E-state index contributed by atoms with van der Waals surface area (Å²) in [6, 6.07) is 13.8. The van der Waals surface area contributed by atoms with E-state index in [2.05, 4.69) is 19.2 Å². The van der Waals surface area contributed by atoms with E-state index in [0.29, 0.717) is 6.54 Å². The van der Waals surface area contributed by atoms with Gasteiger partial charge in [0, 0.05) is 17.7 Å². The summed E-state index contributed by atoms with van der Waals surface area (Å²) in [6.07, 6.45) is 2.00. The maximum Gasteiger partial charge on any atom is 0.251 e. The number of aliphatic imine (C=N–C) groups is 1. The third-order valence-electron chi connectivity index (χ3n) is 5.03. The van der Waals surface area contributed by atoms with Crippen LogP contribution in [0.15, 0.2) is 53.5 Å². The number of nitrogens with one attached hydrogen (secondary N) is 1. The Morgan fingerprint density at radius 1 is 1.10 bits per heavy atom. The van der Waals surface area contributed by atoms with Gasteiger partial charge in [-0.15, -0.1) is 0 Å². The molecule has 0 spiro atoms. The van der Waals surface area contributed by atoms with Crippen molar-refractivity contribution in [2.45, 2.75) is 60.6 Å². The molecule has 0 aliphatic carbocycles. The zero-order chi connectivity index (χ0) is 22.5. The van der Waals surface area contributed by atoms with Crippen LogP contribution >= 0.6 is 0 Å². The smallest absolute Gasteiger partial charge is 0.251 e. The number of carbonyl (C=O) groups is 1. The number of fused-ring (bicyclic) bond motifs is 1. The third-order valence-corrected chi connectivity index (χ3v) is 5.03. The molecule has 2 N–H and O–H groups in total. The molecule has 0 aromatic heterocycles. The van der Waals surface area contributed by atoms with Gasteiger partial charge in [0.25, 0.3) is 5.91 Å². The Bertz CT molecular complexity index is 946. The zero-order valence-corrected chi connectivity index (χ0v) is 19.2. The van der Waals surface area contributed by atoms with Crippen LogP contribution in [-0.2, 0) is 12.1 Å². The fourth-order valence-corrected chi connectivity index (χ4v) is 3.39. The highest BCUT2D eigenvalue weighted by Gasteiger charge is 2.20. The molecule has 160 valence electrons. The fraction of sp³-hybridized carbons (Fsp3) is 0.385. The number of carbonyl (C=O) groups excluding carboxylic acids is 1. The first-order valence-electron chi connectivity index (χ1n) is 10.7. The predicted octanol–water partition coefficient (Wildman–Crippen LogP) is 5.69. The number of aliphatic hydroxyl groups is 1. The average Bonchev–Trinajstić information content (AvgIpc) is 3.10. The lowest BCUT2D eigenvalue weighted by atomic mass is 9.93. The van der Waals surface area contributed by atoms with Crippen LogP contribution in [0.2, 0.25) is 0 Å². The molecule has 0 unspecified atom stereocenters. The SMILES string of the molecule is C/C=C(\N=C(c1ccc(C(C)(C)O)cc1)C(C)C)c1ccc2c(c1)CNC2=O.CC. The zero-order valence-electron chi connectivity index (χ0n) is 19.2. The number of rotatable bonds is 5. The summed E-state index contributed by atoms with van der Waals surface area (Å²) in [6.45, 7) is 14.4. The topological polar surface area (TPSA) is 61.7 Å². The molecule has 1 aliphatic heterocycles. The summed E-state index contributed by atoms with van der Waals surface area (Å²) in [5, 5.41) is 13.0. The van der Waals surface area contributed by atoms with Crippen molar-refractivity contribution in [3.05, 3.63) is 76.4 Å². The van der Waals surface area contributed by atoms with Crippen molar-refractivity contribution in [2.75, 3.05) is 0 Å². The van der Waals surface area contributed by atoms with Gasteiger partial charge in [0.15, 0.2) is 0 Å². The molecule has 4 nitrogen and oxygen atoms in total. The van der Waals surface area contributed by atoms with Gasteiger partial charge in [-0.05, 0) is 55.5 Å². The molecule has 0 fully saturated rings. The molecule has 2 aromatic carbocycles. The van der Waals surface area contributed by atoms with E-state index in [4.69, 9.17) is 4.99 Å². The van der Waals surface area contributed by atoms with E-state index >= 15 is 0 Å². The van der Waals surface area contributed by atoms with E-state index in [9.17, 15) is 9.90 Å². The second kappa shape index (κ2) is 9.86. The standard InChI is InChI=1S/C24H28N2O2.C2H6/c1-6-21(17-9-12-20-18(13-17)14-25-23(20)27)26-22(15(2)3)16-7-10-19(11-8-16)24(4,5)28;1-2/h6-13,15,28H,14H2,1-5H3,(H,25,27);1-2H3/b21-6-,26-22?;. The lowest BCUT2D eigenvalue weighted by Gasteiger charge is -2.19. The molecule has 0 atom stereocenters. The number of amides is 1. The molecular weight excluding hydrogens is 372 g/mol. The molecule has 3 rings (SSSR count). The molecule has 0 bridgehead atoms. The average molecular weight is 407 g/mol. The monoisotopic (exact) mass is 406 g/mol. The van der Waals surface area contributed by atoms with Crippen molar-refractivity contribution in [3.63, 3.8) is 0 Å². The predicted molar refractivity (Wildman–Crippen MR) is 126 cm³/mol. The number of allylic oxidation sites excluding steroid dienone is 1. The Kier molecular flexibility index (Phi) is 7.74. The van der Waals surface area contributed by atoms with Crippen LogP contribution in [0.3, 0.4) is 0 Å². The van der Waals surface area contributed by atoms with Gasteiger partial charge in [0.05, 0.1) is 17.0 Å². The second-order valence-corrected chi connectivity index (χ2v) is 8.02. The van der Waals surface area contributed by atoms with E-state index < -0.39 is 5.60 Å². The van der Waals surface area contributed by atoms with Crippen molar-refractivity contribution < 1.29 is 9.90 Å². The minimum absolute atomic E-state index is 0.0122. The molecule has 1 heterocycles. The first-order valence-corrected chi connectivity index (χ1v) is 10.7. The van der Waals surface area contributed by atoms with Gasteiger partial charge in [-0.25, -0.2) is 0 Å². The van der Waals surface area contributed by atoms with Crippen molar-refractivity contribution in [1.82, 2.24) is 5.32 Å². The summed E-state index contributed by atoms with van der Waals surface area (Å²) in [5.41, 5.74) is 5.69. The molecule has 30 heavy (non-hydrogen) atoms. The van der Waals surface area contributed by atoms with Gasteiger partial charge >= 0.3 is 0 Å². The molecule has 1 amide bonds. The van der Waals surface area contributed by atoms with Crippen molar-refractivity contribution in [2.24, 2.45) is 10.9 Å². The molecule has 0 saturated heterocycles. The minimum Gasteiger partial charge on any atom is -0.386 e. The van der Waals surface area contributed by atoms with Gasteiger partial charge in [0.2, 0.25) is 0 Å². The highest BCUT2D eigenvalue weighted by atomic mass is 16.3. The largest absolute Gasteiger partial charge is 0.386 e. The fourth-order valence-electron chi connectivity index (χ4n) is 3.39. The quantitative estimate of drug-likeness (QED) is 0.627. The van der Waals surface area contributed by atoms with E-state index in [-0.39, 0.29) is 11.8 Å². The van der Waals surface area contributed by atoms with Crippen LogP contribution in [0.25, 0.3) is 5.70 Å². The summed E-state index contributed by atoms with van der Waals surface area (Å²) < 4.78 is 0. The first kappa shape index (κ1) is 23.6. The van der Waals surface area contributed by atoms with Crippen molar-refractivity contribution in [1.29, 1.82) is 0 Å². The molecule has 1 aliphatic rings.